The largest absolute Gasteiger partial charge is 0.481 e. The van der Waals surface area contributed by atoms with E-state index in [9.17, 15) is 19.7 Å². The summed E-state index contributed by atoms with van der Waals surface area (Å²) in [6.07, 6.45) is -0.588. The zero-order chi connectivity index (χ0) is 22.2. The summed E-state index contributed by atoms with van der Waals surface area (Å²) in [5, 5.41) is 16.2. The number of rotatable bonds is 8. The zero-order valence-corrected chi connectivity index (χ0v) is 16.8. The first-order valence-corrected chi connectivity index (χ1v) is 9.56. The first kappa shape index (κ1) is 21.5. The molecule has 0 aromatic heterocycles. The molecule has 1 atom stereocenters. The minimum absolute atomic E-state index is 0.0596. The molecular formula is C23H21N3O5. The summed E-state index contributed by atoms with van der Waals surface area (Å²) in [5.41, 5.74) is 1.90. The maximum Gasteiger partial charge on any atom is 0.269 e. The Morgan fingerprint density at radius 3 is 2.23 bits per heavy atom. The van der Waals surface area contributed by atoms with Gasteiger partial charge in [-0.3, -0.25) is 19.7 Å². The lowest BCUT2D eigenvalue weighted by Crippen LogP contribution is -2.30. The molecule has 1 unspecified atom stereocenters. The van der Waals surface area contributed by atoms with Crippen molar-refractivity contribution >= 4 is 28.9 Å². The highest BCUT2D eigenvalue weighted by molar-refractivity contribution is 5.96. The monoisotopic (exact) mass is 419 g/mol. The van der Waals surface area contributed by atoms with Crippen LogP contribution in [0.4, 0.5) is 17.1 Å². The van der Waals surface area contributed by atoms with Crippen LogP contribution in [0.5, 0.6) is 5.75 Å². The van der Waals surface area contributed by atoms with Gasteiger partial charge in [-0.25, -0.2) is 0 Å². The maximum atomic E-state index is 12.4. The topological polar surface area (TPSA) is 111 Å². The number of carbonyl (C=O) groups is 2. The minimum atomic E-state index is -0.835. The van der Waals surface area contributed by atoms with Gasteiger partial charge in [0.1, 0.15) is 5.75 Å². The zero-order valence-electron chi connectivity index (χ0n) is 16.8. The Balaban J connectivity index is 1.56. The SMILES string of the molecule is CC(Oc1ccc([N+](=O)[O-])cc1)C(=O)Nc1cccc(NC(=O)Cc2ccccc2)c1. The van der Waals surface area contributed by atoms with Crippen molar-refractivity contribution in [2.45, 2.75) is 19.4 Å². The number of carbonyl (C=O) groups excluding carboxylic acids is 2. The van der Waals surface area contributed by atoms with Crippen molar-refractivity contribution in [2.24, 2.45) is 0 Å². The maximum absolute atomic E-state index is 12.4. The van der Waals surface area contributed by atoms with Gasteiger partial charge in [0.2, 0.25) is 5.91 Å². The van der Waals surface area contributed by atoms with Gasteiger partial charge in [-0.05, 0) is 42.8 Å². The second kappa shape index (κ2) is 10.0. The van der Waals surface area contributed by atoms with E-state index in [-0.39, 0.29) is 18.0 Å². The number of hydrogen-bond donors (Lipinski definition) is 2. The van der Waals surface area contributed by atoms with E-state index in [2.05, 4.69) is 10.6 Å². The second-order valence-corrected chi connectivity index (χ2v) is 6.79. The molecule has 3 aromatic rings. The Kier molecular flexibility index (Phi) is 6.95. The number of hydrogen-bond acceptors (Lipinski definition) is 5. The highest BCUT2D eigenvalue weighted by atomic mass is 16.6. The summed E-state index contributed by atoms with van der Waals surface area (Å²) < 4.78 is 5.54. The third-order valence-corrected chi connectivity index (χ3v) is 4.35. The summed E-state index contributed by atoms with van der Waals surface area (Å²) in [7, 11) is 0. The van der Waals surface area contributed by atoms with Gasteiger partial charge < -0.3 is 15.4 Å². The average Bonchev–Trinajstić information content (AvgIpc) is 2.75. The Labute approximate surface area is 179 Å². The molecule has 0 aliphatic carbocycles. The molecule has 0 bridgehead atoms. The van der Waals surface area contributed by atoms with E-state index in [0.29, 0.717) is 17.1 Å². The summed E-state index contributed by atoms with van der Waals surface area (Å²) in [4.78, 5) is 34.9. The van der Waals surface area contributed by atoms with Crippen molar-refractivity contribution in [3.63, 3.8) is 0 Å². The Hall–Kier alpha value is -4.20. The molecule has 3 rings (SSSR count). The van der Waals surface area contributed by atoms with Gasteiger partial charge >= 0.3 is 0 Å². The first-order chi connectivity index (χ1) is 14.9. The third-order valence-electron chi connectivity index (χ3n) is 4.35. The van der Waals surface area contributed by atoms with Gasteiger partial charge in [-0.15, -0.1) is 0 Å². The summed E-state index contributed by atoms with van der Waals surface area (Å²) in [6.45, 7) is 1.57. The van der Waals surface area contributed by atoms with Gasteiger partial charge in [-0.2, -0.15) is 0 Å². The Morgan fingerprint density at radius 1 is 0.935 bits per heavy atom. The number of nitro benzene ring substituents is 1. The highest BCUT2D eigenvalue weighted by Crippen LogP contribution is 2.20. The number of anilines is 2. The molecule has 0 fully saturated rings. The van der Waals surface area contributed by atoms with Crippen molar-refractivity contribution in [1.29, 1.82) is 0 Å². The van der Waals surface area contributed by atoms with Crippen LogP contribution in [0.2, 0.25) is 0 Å². The van der Waals surface area contributed by atoms with E-state index in [1.165, 1.54) is 24.3 Å². The number of benzene rings is 3. The van der Waals surface area contributed by atoms with E-state index in [1.54, 1.807) is 31.2 Å². The molecule has 0 radical (unpaired) electrons. The van der Waals surface area contributed by atoms with Crippen LogP contribution >= 0.6 is 0 Å². The molecule has 2 amide bonds. The van der Waals surface area contributed by atoms with Crippen LogP contribution in [0.1, 0.15) is 12.5 Å². The number of ether oxygens (including phenoxy) is 1. The molecule has 31 heavy (non-hydrogen) atoms. The number of nitrogens with one attached hydrogen (secondary N) is 2. The van der Waals surface area contributed by atoms with Crippen molar-refractivity contribution in [1.82, 2.24) is 0 Å². The van der Waals surface area contributed by atoms with Gasteiger partial charge in [0.05, 0.1) is 11.3 Å². The number of amides is 2. The van der Waals surface area contributed by atoms with Crippen LogP contribution in [0.15, 0.2) is 78.9 Å². The van der Waals surface area contributed by atoms with Crippen LogP contribution in [-0.2, 0) is 16.0 Å². The fourth-order valence-corrected chi connectivity index (χ4v) is 2.81. The smallest absolute Gasteiger partial charge is 0.269 e. The number of non-ortho nitro benzene ring substituents is 1. The molecule has 0 saturated heterocycles. The van der Waals surface area contributed by atoms with Crippen LogP contribution in [-0.4, -0.2) is 22.8 Å². The number of nitro groups is 1. The first-order valence-electron chi connectivity index (χ1n) is 9.56. The van der Waals surface area contributed by atoms with Gasteiger partial charge in [0.25, 0.3) is 11.6 Å². The molecule has 0 aliphatic heterocycles. The molecule has 3 aromatic carbocycles. The minimum Gasteiger partial charge on any atom is -0.481 e. The quantitative estimate of drug-likeness (QED) is 0.420. The lowest BCUT2D eigenvalue weighted by molar-refractivity contribution is -0.384. The van der Waals surface area contributed by atoms with Crippen molar-refractivity contribution in [2.75, 3.05) is 10.6 Å². The highest BCUT2D eigenvalue weighted by Gasteiger charge is 2.16. The van der Waals surface area contributed by atoms with E-state index in [1.807, 2.05) is 30.3 Å². The van der Waals surface area contributed by atoms with Crippen LogP contribution in [0.25, 0.3) is 0 Å². The lowest BCUT2D eigenvalue weighted by Gasteiger charge is -2.15. The summed E-state index contributed by atoms with van der Waals surface area (Å²) in [6, 6.07) is 21.7. The molecule has 0 aliphatic rings. The van der Waals surface area contributed by atoms with Gasteiger partial charge in [0, 0.05) is 23.5 Å². The molecule has 158 valence electrons. The average molecular weight is 419 g/mol. The lowest BCUT2D eigenvalue weighted by atomic mass is 10.1. The van der Waals surface area contributed by atoms with Gasteiger partial charge in [0.15, 0.2) is 6.10 Å². The predicted octanol–water partition coefficient (Wildman–Crippen LogP) is 4.18. The van der Waals surface area contributed by atoms with Crippen molar-refractivity contribution in [3.05, 3.63) is 94.5 Å². The van der Waals surface area contributed by atoms with Crippen LogP contribution in [0.3, 0.4) is 0 Å². The Morgan fingerprint density at radius 2 is 1.58 bits per heavy atom. The molecule has 0 spiro atoms. The second-order valence-electron chi connectivity index (χ2n) is 6.79. The molecule has 8 nitrogen and oxygen atoms in total. The van der Waals surface area contributed by atoms with E-state index < -0.39 is 16.9 Å². The van der Waals surface area contributed by atoms with E-state index >= 15 is 0 Å². The molecule has 0 heterocycles. The van der Waals surface area contributed by atoms with E-state index in [4.69, 9.17) is 4.74 Å². The van der Waals surface area contributed by atoms with Crippen molar-refractivity contribution < 1.29 is 19.2 Å². The molecule has 8 heteroatoms. The predicted molar refractivity (Wildman–Crippen MR) is 117 cm³/mol. The fourth-order valence-electron chi connectivity index (χ4n) is 2.81. The van der Waals surface area contributed by atoms with Crippen LogP contribution < -0.4 is 15.4 Å². The summed E-state index contributed by atoms with van der Waals surface area (Å²) >= 11 is 0. The molecule has 2 N–H and O–H groups in total. The summed E-state index contributed by atoms with van der Waals surface area (Å²) in [5.74, 6) is -0.217. The number of nitrogens with zero attached hydrogens (tertiary/aromatic N) is 1. The van der Waals surface area contributed by atoms with Crippen LogP contribution in [0, 0.1) is 10.1 Å². The van der Waals surface area contributed by atoms with Gasteiger partial charge in [-0.1, -0.05) is 36.4 Å². The molecule has 0 saturated carbocycles. The van der Waals surface area contributed by atoms with Crippen molar-refractivity contribution in [3.8, 4) is 5.75 Å². The molecular weight excluding hydrogens is 398 g/mol. The normalized spacial score (nSPS) is 11.3. The standard InChI is InChI=1S/C23H21N3O5/c1-16(31-21-12-10-20(11-13-21)26(29)30)23(28)25-19-9-5-8-18(15-19)24-22(27)14-17-6-3-2-4-7-17/h2-13,15-16H,14H2,1H3,(H,24,27)(H,25,28). The fraction of sp³-hybridized carbons (Fsp3) is 0.130. The van der Waals surface area contributed by atoms with E-state index in [0.717, 1.165) is 5.56 Å². The third kappa shape index (κ3) is 6.40. The Bertz CT molecular complexity index is 1070.